The normalized spacial score (nSPS) is 33.4. The number of rotatable bonds is 2. The molecular weight excluding hydrogens is 184 g/mol. The van der Waals surface area contributed by atoms with Gasteiger partial charge < -0.3 is 5.32 Å². The fraction of sp³-hybridized carbons (Fsp3) is 1.00. The second-order valence-electron chi connectivity index (χ2n) is 6.03. The fourth-order valence-electron chi connectivity index (χ4n) is 3.51. The average Bonchev–Trinajstić information content (AvgIpc) is 2.69. The average molecular weight is 210 g/mol. The van der Waals surface area contributed by atoms with E-state index in [0.717, 1.165) is 6.04 Å². The third kappa shape index (κ3) is 2.36. The number of hydrogen-bond acceptors (Lipinski definition) is 2. The molecule has 1 N–H and O–H groups in total. The third-order valence-electron chi connectivity index (χ3n) is 4.45. The zero-order valence-corrected chi connectivity index (χ0v) is 10.6. The van der Waals surface area contributed by atoms with Crippen molar-refractivity contribution in [3.63, 3.8) is 0 Å². The first kappa shape index (κ1) is 11.4. The minimum atomic E-state index is 0.440. The molecule has 1 aliphatic heterocycles. The summed E-state index contributed by atoms with van der Waals surface area (Å²) in [4.78, 5) is 2.75. The topological polar surface area (TPSA) is 15.3 Å². The minimum absolute atomic E-state index is 0.440. The van der Waals surface area contributed by atoms with E-state index in [2.05, 4.69) is 31.1 Å². The van der Waals surface area contributed by atoms with Crippen LogP contribution >= 0.6 is 0 Å². The summed E-state index contributed by atoms with van der Waals surface area (Å²) < 4.78 is 0. The molecule has 0 aromatic rings. The molecule has 15 heavy (non-hydrogen) atoms. The molecule has 0 aromatic carbocycles. The van der Waals surface area contributed by atoms with Crippen LogP contribution in [-0.4, -0.2) is 37.1 Å². The van der Waals surface area contributed by atoms with Crippen molar-refractivity contribution in [2.24, 2.45) is 5.41 Å². The van der Waals surface area contributed by atoms with Crippen LogP contribution in [0.25, 0.3) is 0 Å². The van der Waals surface area contributed by atoms with Crippen LogP contribution in [0.1, 0.15) is 46.0 Å². The highest BCUT2D eigenvalue weighted by Gasteiger charge is 2.37. The van der Waals surface area contributed by atoms with E-state index in [1.165, 1.54) is 45.2 Å². The molecule has 0 aromatic heterocycles. The number of likely N-dealkylation sites (tertiary alicyclic amines) is 1. The molecule has 88 valence electrons. The molecule has 2 nitrogen and oxygen atoms in total. The molecule has 1 heterocycles. The van der Waals surface area contributed by atoms with Crippen molar-refractivity contribution < 1.29 is 0 Å². The number of hydrogen-bond donors (Lipinski definition) is 1. The Morgan fingerprint density at radius 2 is 1.80 bits per heavy atom. The van der Waals surface area contributed by atoms with Gasteiger partial charge in [-0.05, 0) is 38.3 Å². The molecule has 2 rings (SSSR count). The van der Waals surface area contributed by atoms with E-state index in [-0.39, 0.29) is 0 Å². The van der Waals surface area contributed by atoms with E-state index in [9.17, 15) is 0 Å². The maximum Gasteiger partial charge on any atom is 0.0140 e. The van der Waals surface area contributed by atoms with Gasteiger partial charge in [0.15, 0.2) is 0 Å². The maximum atomic E-state index is 3.48. The van der Waals surface area contributed by atoms with Crippen molar-refractivity contribution in [3.05, 3.63) is 0 Å². The second-order valence-corrected chi connectivity index (χ2v) is 6.03. The van der Waals surface area contributed by atoms with E-state index < -0.39 is 0 Å². The predicted molar refractivity (Wildman–Crippen MR) is 65.1 cm³/mol. The van der Waals surface area contributed by atoms with Gasteiger partial charge >= 0.3 is 0 Å². The summed E-state index contributed by atoms with van der Waals surface area (Å²) in [6.07, 6.45) is 7.12. The summed E-state index contributed by atoms with van der Waals surface area (Å²) >= 11 is 0. The molecule has 0 spiro atoms. The molecule has 0 radical (unpaired) electrons. The van der Waals surface area contributed by atoms with Gasteiger partial charge in [0.25, 0.3) is 0 Å². The van der Waals surface area contributed by atoms with Crippen molar-refractivity contribution >= 4 is 0 Å². The van der Waals surface area contributed by atoms with Gasteiger partial charge in [0.05, 0.1) is 0 Å². The molecule has 2 heteroatoms. The standard InChI is InChI=1S/C13H26N2/c1-13(2)10-15(9-8-12(13)14-3)11-6-4-5-7-11/h11-12,14H,4-10H2,1-3H3. The second kappa shape index (κ2) is 4.42. The number of nitrogens with zero attached hydrogens (tertiary/aromatic N) is 1. The summed E-state index contributed by atoms with van der Waals surface area (Å²) in [7, 11) is 2.11. The Morgan fingerprint density at radius 3 is 2.33 bits per heavy atom. The van der Waals surface area contributed by atoms with Gasteiger partial charge in [0.2, 0.25) is 0 Å². The first-order valence-electron chi connectivity index (χ1n) is 6.55. The van der Waals surface area contributed by atoms with Gasteiger partial charge in [-0.25, -0.2) is 0 Å². The fourth-order valence-corrected chi connectivity index (χ4v) is 3.51. The molecular formula is C13H26N2. The highest BCUT2D eigenvalue weighted by Crippen LogP contribution is 2.33. The van der Waals surface area contributed by atoms with Gasteiger partial charge in [-0.15, -0.1) is 0 Å². The molecule has 1 saturated carbocycles. The van der Waals surface area contributed by atoms with E-state index >= 15 is 0 Å². The molecule has 1 unspecified atom stereocenters. The third-order valence-corrected chi connectivity index (χ3v) is 4.45. The molecule has 1 saturated heterocycles. The Bertz CT molecular complexity index is 207. The van der Waals surface area contributed by atoms with Crippen LogP contribution in [-0.2, 0) is 0 Å². The Labute approximate surface area is 94.4 Å². The van der Waals surface area contributed by atoms with Gasteiger partial charge in [0, 0.05) is 18.6 Å². The lowest BCUT2D eigenvalue weighted by Crippen LogP contribution is -2.55. The van der Waals surface area contributed by atoms with Crippen LogP contribution in [0.5, 0.6) is 0 Å². The lowest BCUT2D eigenvalue weighted by molar-refractivity contribution is 0.0520. The van der Waals surface area contributed by atoms with Crippen LogP contribution in [0, 0.1) is 5.41 Å². The van der Waals surface area contributed by atoms with Crippen LogP contribution in [0.15, 0.2) is 0 Å². The monoisotopic (exact) mass is 210 g/mol. The SMILES string of the molecule is CNC1CCN(C2CCCC2)CC1(C)C. The Hall–Kier alpha value is -0.0800. The van der Waals surface area contributed by atoms with E-state index in [1.54, 1.807) is 0 Å². The van der Waals surface area contributed by atoms with E-state index in [4.69, 9.17) is 0 Å². The van der Waals surface area contributed by atoms with Crippen LogP contribution in [0.3, 0.4) is 0 Å². The minimum Gasteiger partial charge on any atom is -0.316 e. The van der Waals surface area contributed by atoms with Crippen LogP contribution < -0.4 is 5.32 Å². The first-order valence-corrected chi connectivity index (χ1v) is 6.55. The van der Waals surface area contributed by atoms with Crippen molar-refractivity contribution in [1.82, 2.24) is 10.2 Å². The molecule has 2 aliphatic rings. The van der Waals surface area contributed by atoms with Crippen molar-refractivity contribution in [3.8, 4) is 0 Å². The van der Waals surface area contributed by atoms with Gasteiger partial charge in [-0.3, -0.25) is 4.90 Å². The van der Waals surface area contributed by atoms with Crippen molar-refractivity contribution in [1.29, 1.82) is 0 Å². The van der Waals surface area contributed by atoms with Gasteiger partial charge in [-0.2, -0.15) is 0 Å². The summed E-state index contributed by atoms with van der Waals surface area (Å²) in [5.41, 5.74) is 0.440. The Balaban J connectivity index is 1.95. The van der Waals surface area contributed by atoms with Crippen LogP contribution in [0.4, 0.5) is 0 Å². The largest absolute Gasteiger partial charge is 0.316 e. The van der Waals surface area contributed by atoms with E-state index in [1.807, 2.05) is 0 Å². The maximum absolute atomic E-state index is 3.48. The zero-order valence-electron chi connectivity index (χ0n) is 10.6. The smallest absolute Gasteiger partial charge is 0.0140 e. The predicted octanol–water partition coefficient (Wildman–Crippen LogP) is 2.25. The zero-order chi connectivity index (χ0) is 10.9. The number of piperidine rings is 1. The summed E-state index contributed by atoms with van der Waals surface area (Å²) in [6.45, 7) is 7.41. The van der Waals surface area contributed by atoms with Crippen LogP contribution in [0.2, 0.25) is 0 Å². The Morgan fingerprint density at radius 1 is 1.13 bits per heavy atom. The van der Waals surface area contributed by atoms with Crippen molar-refractivity contribution in [2.75, 3.05) is 20.1 Å². The summed E-state index contributed by atoms with van der Waals surface area (Å²) in [5.74, 6) is 0. The Kier molecular flexibility index (Phi) is 3.36. The lowest BCUT2D eigenvalue weighted by Gasteiger charge is -2.46. The lowest BCUT2D eigenvalue weighted by atomic mass is 9.78. The quantitative estimate of drug-likeness (QED) is 0.752. The highest BCUT2D eigenvalue weighted by molar-refractivity contribution is 4.93. The van der Waals surface area contributed by atoms with Gasteiger partial charge in [-0.1, -0.05) is 26.7 Å². The first-order chi connectivity index (χ1) is 7.13. The summed E-state index contributed by atoms with van der Waals surface area (Å²) in [5, 5.41) is 3.48. The molecule has 1 atom stereocenters. The summed E-state index contributed by atoms with van der Waals surface area (Å²) in [6, 6.07) is 1.61. The molecule has 0 bridgehead atoms. The van der Waals surface area contributed by atoms with Crippen molar-refractivity contribution in [2.45, 2.75) is 58.0 Å². The molecule has 0 amide bonds. The van der Waals surface area contributed by atoms with Gasteiger partial charge in [0.1, 0.15) is 0 Å². The molecule has 1 aliphatic carbocycles. The van der Waals surface area contributed by atoms with E-state index in [0.29, 0.717) is 11.5 Å². The number of nitrogens with one attached hydrogen (secondary N) is 1. The highest BCUT2D eigenvalue weighted by atomic mass is 15.2. The molecule has 2 fully saturated rings.